The molecular weight excluding hydrogens is 348 g/mol. The molecule has 0 aromatic heterocycles. The molecule has 0 saturated carbocycles. The van der Waals surface area contributed by atoms with Crippen LogP contribution in [0.4, 0.5) is 0 Å². The van der Waals surface area contributed by atoms with Gasteiger partial charge in [0, 0.05) is 12.1 Å². The molecule has 1 aromatic carbocycles. The smallest absolute Gasteiger partial charge is 0.330 e. The Morgan fingerprint density at radius 2 is 1.81 bits per heavy atom. The molecule has 5 atom stereocenters. The van der Waals surface area contributed by atoms with E-state index in [1.165, 1.54) is 32.4 Å². The molecule has 1 heterocycles. The second kappa shape index (κ2) is 8.97. The first kappa shape index (κ1) is 20.1. The van der Waals surface area contributed by atoms with E-state index in [0.717, 1.165) is 0 Å². The fraction of sp³-hybridized carbons (Fsp3) is 0.471. The SMILES string of the molecule is COC(=O)/C=C/c1cc(OC)cc(O[C@@H]2O[C@H](CO)[C@@H](O)[C@H](O)[C@H]2O)c1. The van der Waals surface area contributed by atoms with Gasteiger partial charge in [-0.05, 0) is 23.8 Å². The summed E-state index contributed by atoms with van der Waals surface area (Å²) < 4.78 is 20.5. The molecule has 144 valence electrons. The van der Waals surface area contributed by atoms with Crippen LogP contribution in [-0.4, -0.2) is 77.9 Å². The predicted octanol–water partition coefficient (Wildman–Crippen LogP) is -0.940. The van der Waals surface area contributed by atoms with E-state index in [4.69, 9.17) is 14.2 Å². The van der Waals surface area contributed by atoms with Crippen molar-refractivity contribution in [3.63, 3.8) is 0 Å². The van der Waals surface area contributed by atoms with E-state index in [2.05, 4.69) is 4.74 Å². The number of ether oxygens (including phenoxy) is 4. The summed E-state index contributed by atoms with van der Waals surface area (Å²) in [6.45, 7) is -0.559. The number of esters is 1. The van der Waals surface area contributed by atoms with E-state index >= 15 is 0 Å². The number of carbonyl (C=O) groups is 1. The zero-order chi connectivity index (χ0) is 19.3. The highest BCUT2D eigenvalue weighted by atomic mass is 16.7. The topological polar surface area (TPSA) is 135 Å². The van der Waals surface area contributed by atoms with Crippen LogP contribution < -0.4 is 9.47 Å². The van der Waals surface area contributed by atoms with E-state index in [1.54, 1.807) is 12.1 Å². The van der Waals surface area contributed by atoms with Crippen molar-refractivity contribution >= 4 is 12.0 Å². The first-order chi connectivity index (χ1) is 12.4. The van der Waals surface area contributed by atoms with Gasteiger partial charge in [-0.25, -0.2) is 4.79 Å². The third kappa shape index (κ3) is 4.71. The number of benzene rings is 1. The van der Waals surface area contributed by atoms with Crippen molar-refractivity contribution in [2.24, 2.45) is 0 Å². The second-order valence-corrected chi connectivity index (χ2v) is 5.61. The molecule has 9 nitrogen and oxygen atoms in total. The highest BCUT2D eigenvalue weighted by Crippen LogP contribution is 2.28. The fourth-order valence-electron chi connectivity index (χ4n) is 2.41. The first-order valence-corrected chi connectivity index (χ1v) is 7.82. The minimum atomic E-state index is -1.55. The molecular formula is C17H22O9. The summed E-state index contributed by atoms with van der Waals surface area (Å²) in [4.78, 5) is 11.2. The van der Waals surface area contributed by atoms with Crippen LogP contribution in [0.2, 0.25) is 0 Å². The highest BCUT2D eigenvalue weighted by molar-refractivity contribution is 5.87. The van der Waals surface area contributed by atoms with Crippen molar-refractivity contribution < 1.29 is 44.2 Å². The Morgan fingerprint density at radius 1 is 1.12 bits per heavy atom. The molecule has 2 rings (SSSR count). The number of hydrogen-bond acceptors (Lipinski definition) is 9. The van der Waals surface area contributed by atoms with Crippen LogP contribution in [0.15, 0.2) is 24.3 Å². The summed E-state index contributed by atoms with van der Waals surface area (Å²) in [6, 6.07) is 4.69. The predicted molar refractivity (Wildman–Crippen MR) is 88.4 cm³/mol. The minimum Gasteiger partial charge on any atom is -0.497 e. The Morgan fingerprint density at radius 3 is 2.42 bits per heavy atom. The third-order valence-electron chi connectivity index (χ3n) is 3.85. The van der Waals surface area contributed by atoms with Crippen LogP contribution in [0, 0.1) is 0 Å². The Labute approximate surface area is 150 Å². The molecule has 9 heteroatoms. The normalized spacial score (nSPS) is 28.8. The lowest BCUT2D eigenvalue weighted by Gasteiger charge is -2.39. The Kier molecular flexibility index (Phi) is 6.95. The monoisotopic (exact) mass is 370 g/mol. The molecule has 1 saturated heterocycles. The van der Waals surface area contributed by atoms with Gasteiger partial charge in [0.05, 0.1) is 20.8 Å². The summed E-state index contributed by atoms with van der Waals surface area (Å²) in [6.07, 6.45) is -4.26. The molecule has 1 fully saturated rings. The number of aliphatic hydroxyl groups excluding tert-OH is 4. The lowest BCUT2D eigenvalue weighted by atomic mass is 9.99. The third-order valence-corrected chi connectivity index (χ3v) is 3.85. The van der Waals surface area contributed by atoms with Crippen molar-refractivity contribution in [1.82, 2.24) is 0 Å². The Hall–Kier alpha value is -2.17. The molecule has 0 aliphatic carbocycles. The van der Waals surface area contributed by atoms with Crippen LogP contribution in [0.5, 0.6) is 11.5 Å². The number of carbonyl (C=O) groups excluding carboxylic acids is 1. The standard InChI is InChI=1S/C17H22O9/c1-23-10-5-9(3-4-13(19)24-2)6-11(7-10)25-17-16(22)15(21)14(20)12(8-18)26-17/h3-7,12,14-18,20-22H,8H2,1-2H3/b4-3+/t12-,14-,15+,16-,17-/m1/s1. The lowest BCUT2D eigenvalue weighted by molar-refractivity contribution is -0.277. The van der Waals surface area contributed by atoms with Gasteiger partial charge in [-0.15, -0.1) is 0 Å². The van der Waals surface area contributed by atoms with Gasteiger partial charge < -0.3 is 39.4 Å². The quantitative estimate of drug-likeness (QED) is 0.370. The van der Waals surface area contributed by atoms with Gasteiger partial charge in [-0.1, -0.05) is 0 Å². The molecule has 4 N–H and O–H groups in total. The van der Waals surface area contributed by atoms with E-state index in [0.29, 0.717) is 11.3 Å². The van der Waals surface area contributed by atoms with E-state index in [1.807, 2.05) is 0 Å². The molecule has 0 amide bonds. The fourth-order valence-corrected chi connectivity index (χ4v) is 2.41. The summed E-state index contributed by atoms with van der Waals surface area (Å²) in [5.41, 5.74) is 0.550. The number of aliphatic hydroxyl groups is 4. The van der Waals surface area contributed by atoms with E-state index in [-0.39, 0.29) is 5.75 Å². The van der Waals surface area contributed by atoms with Crippen LogP contribution in [0.1, 0.15) is 5.56 Å². The zero-order valence-electron chi connectivity index (χ0n) is 14.3. The maximum atomic E-state index is 11.2. The maximum Gasteiger partial charge on any atom is 0.330 e. The van der Waals surface area contributed by atoms with Gasteiger partial charge in [0.1, 0.15) is 35.9 Å². The zero-order valence-corrected chi connectivity index (χ0v) is 14.3. The first-order valence-electron chi connectivity index (χ1n) is 7.82. The van der Waals surface area contributed by atoms with Crippen molar-refractivity contribution in [2.45, 2.75) is 30.7 Å². The molecule has 1 aliphatic rings. The van der Waals surface area contributed by atoms with Crippen LogP contribution in [-0.2, 0) is 14.3 Å². The van der Waals surface area contributed by atoms with Crippen LogP contribution in [0.25, 0.3) is 6.08 Å². The Bertz CT molecular complexity index is 643. The largest absolute Gasteiger partial charge is 0.497 e. The minimum absolute atomic E-state index is 0.221. The van der Waals surface area contributed by atoms with Gasteiger partial charge in [0.15, 0.2) is 0 Å². The van der Waals surface area contributed by atoms with Crippen LogP contribution in [0.3, 0.4) is 0 Å². The molecule has 0 spiro atoms. The van der Waals surface area contributed by atoms with Gasteiger partial charge in [0.2, 0.25) is 6.29 Å². The Balaban J connectivity index is 2.22. The van der Waals surface area contributed by atoms with Crippen molar-refractivity contribution in [3.8, 4) is 11.5 Å². The van der Waals surface area contributed by atoms with E-state index < -0.39 is 43.3 Å². The van der Waals surface area contributed by atoms with Crippen molar-refractivity contribution in [1.29, 1.82) is 0 Å². The van der Waals surface area contributed by atoms with Gasteiger partial charge in [-0.2, -0.15) is 0 Å². The molecule has 1 aliphatic heterocycles. The average molecular weight is 370 g/mol. The number of hydrogen-bond donors (Lipinski definition) is 4. The summed E-state index contributed by atoms with van der Waals surface area (Å²) in [7, 11) is 2.70. The van der Waals surface area contributed by atoms with Crippen molar-refractivity contribution in [2.75, 3.05) is 20.8 Å². The summed E-state index contributed by atoms with van der Waals surface area (Å²) >= 11 is 0. The lowest BCUT2D eigenvalue weighted by Crippen LogP contribution is -2.60. The van der Waals surface area contributed by atoms with Crippen LogP contribution >= 0.6 is 0 Å². The summed E-state index contributed by atoms with van der Waals surface area (Å²) in [5.74, 6) is 0.0963. The molecule has 0 radical (unpaired) electrons. The number of methoxy groups -OCH3 is 2. The molecule has 0 bridgehead atoms. The van der Waals surface area contributed by atoms with Gasteiger partial charge in [-0.3, -0.25) is 0 Å². The van der Waals surface area contributed by atoms with Gasteiger partial charge >= 0.3 is 5.97 Å². The number of rotatable bonds is 6. The second-order valence-electron chi connectivity index (χ2n) is 5.61. The van der Waals surface area contributed by atoms with Crippen molar-refractivity contribution in [3.05, 3.63) is 29.8 Å². The maximum absolute atomic E-state index is 11.2. The molecule has 1 aromatic rings. The average Bonchev–Trinajstić information content (AvgIpc) is 2.66. The summed E-state index contributed by atoms with van der Waals surface area (Å²) in [5, 5.41) is 38.9. The molecule has 0 unspecified atom stereocenters. The molecule has 26 heavy (non-hydrogen) atoms. The van der Waals surface area contributed by atoms with Gasteiger partial charge in [0.25, 0.3) is 0 Å². The highest BCUT2D eigenvalue weighted by Gasteiger charge is 2.44. The van der Waals surface area contributed by atoms with E-state index in [9.17, 15) is 25.2 Å².